The van der Waals surface area contributed by atoms with E-state index in [1.807, 2.05) is 53.1 Å². The maximum atomic E-state index is 6.23. The molecule has 3 nitrogen and oxygen atoms in total. The Balaban J connectivity index is 2.34. The van der Waals surface area contributed by atoms with Crippen LogP contribution in [0.25, 0.3) is 16.9 Å². The molecular formula is C14H12ClN3. The summed E-state index contributed by atoms with van der Waals surface area (Å²) in [6.45, 7) is 0.463. The Morgan fingerprint density at radius 1 is 1.11 bits per heavy atom. The van der Waals surface area contributed by atoms with Gasteiger partial charge in [0.1, 0.15) is 5.82 Å². The van der Waals surface area contributed by atoms with Crippen molar-refractivity contribution in [3.8, 4) is 11.4 Å². The molecule has 3 rings (SSSR count). The molecule has 0 saturated heterocycles. The highest BCUT2D eigenvalue weighted by Gasteiger charge is 2.11. The quantitative estimate of drug-likeness (QED) is 0.767. The van der Waals surface area contributed by atoms with Gasteiger partial charge in [0.15, 0.2) is 0 Å². The van der Waals surface area contributed by atoms with E-state index in [-0.39, 0.29) is 0 Å². The molecular weight excluding hydrogens is 246 g/mol. The van der Waals surface area contributed by atoms with Crippen LogP contribution in [0, 0.1) is 0 Å². The molecule has 0 saturated carbocycles. The van der Waals surface area contributed by atoms with Gasteiger partial charge in [-0.15, -0.1) is 0 Å². The molecule has 0 amide bonds. The van der Waals surface area contributed by atoms with Crippen molar-refractivity contribution in [1.82, 2.24) is 9.38 Å². The average Bonchev–Trinajstić information content (AvgIpc) is 2.83. The van der Waals surface area contributed by atoms with Crippen molar-refractivity contribution in [2.45, 2.75) is 6.54 Å². The van der Waals surface area contributed by atoms with Gasteiger partial charge in [0, 0.05) is 17.8 Å². The lowest BCUT2D eigenvalue weighted by Crippen LogP contribution is -2.04. The van der Waals surface area contributed by atoms with Gasteiger partial charge in [-0.3, -0.25) is 4.40 Å². The van der Waals surface area contributed by atoms with Crippen molar-refractivity contribution in [3.63, 3.8) is 0 Å². The van der Waals surface area contributed by atoms with Gasteiger partial charge < -0.3 is 5.73 Å². The lowest BCUT2D eigenvalue weighted by molar-refractivity contribution is 0.946. The molecule has 1 aromatic carbocycles. The average molecular weight is 258 g/mol. The fourth-order valence-corrected chi connectivity index (χ4v) is 2.33. The molecule has 0 spiro atoms. The number of hydrogen-bond donors (Lipinski definition) is 1. The zero-order valence-corrected chi connectivity index (χ0v) is 10.4. The highest BCUT2D eigenvalue weighted by atomic mass is 35.5. The van der Waals surface area contributed by atoms with Crippen molar-refractivity contribution in [3.05, 3.63) is 59.4 Å². The van der Waals surface area contributed by atoms with Gasteiger partial charge in [0.05, 0.1) is 16.7 Å². The molecule has 0 radical (unpaired) electrons. The van der Waals surface area contributed by atoms with Crippen molar-refractivity contribution in [2.75, 3.05) is 0 Å². The van der Waals surface area contributed by atoms with Crippen molar-refractivity contribution >= 4 is 17.1 Å². The second-order valence-corrected chi connectivity index (χ2v) is 4.45. The fourth-order valence-electron chi connectivity index (χ4n) is 2.11. The van der Waals surface area contributed by atoms with E-state index in [0.29, 0.717) is 11.6 Å². The van der Waals surface area contributed by atoms with Crippen molar-refractivity contribution in [1.29, 1.82) is 0 Å². The number of halogens is 1. The number of rotatable bonds is 2. The number of nitrogens with zero attached hydrogens (tertiary/aromatic N) is 2. The summed E-state index contributed by atoms with van der Waals surface area (Å²) in [5, 5.41) is 0.692. The van der Waals surface area contributed by atoms with Gasteiger partial charge in [-0.1, -0.05) is 29.8 Å². The first-order valence-electron chi connectivity index (χ1n) is 5.71. The Morgan fingerprint density at radius 3 is 2.72 bits per heavy atom. The van der Waals surface area contributed by atoms with Gasteiger partial charge in [0.2, 0.25) is 0 Å². The predicted molar refractivity (Wildman–Crippen MR) is 73.5 cm³/mol. The van der Waals surface area contributed by atoms with Gasteiger partial charge in [-0.2, -0.15) is 0 Å². The monoisotopic (exact) mass is 257 g/mol. The summed E-state index contributed by atoms with van der Waals surface area (Å²) < 4.78 is 2.04. The summed E-state index contributed by atoms with van der Waals surface area (Å²) in [5.74, 6) is 0.830. The number of pyridine rings is 1. The van der Waals surface area contributed by atoms with E-state index in [4.69, 9.17) is 17.3 Å². The molecule has 4 heteroatoms. The van der Waals surface area contributed by atoms with E-state index in [1.54, 1.807) is 0 Å². The van der Waals surface area contributed by atoms with Crippen LogP contribution in [0.15, 0.2) is 48.7 Å². The predicted octanol–water partition coefficient (Wildman–Crippen LogP) is 3.11. The second-order valence-electron chi connectivity index (χ2n) is 4.04. The van der Waals surface area contributed by atoms with E-state index in [9.17, 15) is 0 Å². The van der Waals surface area contributed by atoms with Crippen LogP contribution >= 0.6 is 11.6 Å². The van der Waals surface area contributed by atoms with Crippen LogP contribution in [0.1, 0.15) is 5.69 Å². The molecule has 0 fully saturated rings. The zero-order valence-electron chi connectivity index (χ0n) is 9.68. The Hall–Kier alpha value is -1.84. The summed E-state index contributed by atoms with van der Waals surface area (Å²) in [4.78, 5) is 4.46. The summed E-state index contributed by atoms with van der Waals surface area (Å²) in [5.41, 5.74) is 8.73. The molecule has 2 heterocycles. The smallest absolute Gasteiger partial charge is 0.146 e. The minimum Gasteiger partial charge on any atom is -0.325 e. The first-order valence-corrected chi connectivity index (χ1v) is 6.09. The Kier molecular flexibility index (Phi) is 2.78. The van der Waals surface area contributed by atoms with Crippen LogP contribution in [0.3, 0.4) is 0 Å². The standard InChI is InChI=1S/C14H12ClN3/c15-13-7-2-1-6-12(13)14-17-9-11-5-3-4-10(8-16)18(11)14/h1-7,9H,8,16H2. The van der Waals surface area contributed by atoms with Crippen molar-refractivity contribution < 1.29 is 0 Å². The third-order valence-corrected chi connectivity index (χ3v) is 3.29. The molecule has 2 N–H and O–H groups in total. The van der Waals surface area contributed by atoms with Gasteiger partial charge in [-0.05, 0) is 24.3 Å². The van der Waals surface area contributed by atoms with Gasteiger partial charge in [0.25, 0.3) is 0 Å². The molecule has 0 bridgehead atoms. The van der Waals surface area contributed by atoms with Crippen LogP contribution in [0.2, 0.25) is 5.02 Å². The molecule has 2 aromatic heterocycles. The SMILES string of the molecule is NCc1cccc2cnc(-c3ccccc3Cl)n12. The largest absolute Gasteiger partial charge is 0.325 e. The zero-order chi connectivity index (χ0) is 12.5. The molecule has 0 aliphatic carbocycles. The highest BCUT2D eigenvalue weighted by Crippen LogP contribution is 2.27. The number of nitrogens with two attached hydrogens (primary N) is 1. The fraction of sp³-hybridized carbons (Fsp3) is 0.0714. The van der Waals surface area contributed by atoms with E-state index in [0.717, 1.165) is 22.6 Å². The first-order chi connectivity index (χ1) is 8.81. The third kappa shape index (κ3) is 1.68. The second kappa shape index (κ2) is 4.44. The van der Waals surface area contributed by atoms with Crippen molar-refractivity contribution in [2.24, 2.45) is 5.73 Å². The number of benzene rings is 1. The molecule has 90 valence electrons. The van der Waals surface area contributed by atoms with Crippen LogP contribution in [-0.4, -0.2) is 9.38 Å². The maximum Gasteiger partial charge on any atom is 0.146 e. The van der Waals surface area contributed by atoms with E-state index < -0.39 is 0 Å². The van der Waals surface area contributed by atoms with E-state index in [1.165, 1.54) is 0 Å². The van der Waals surface area contributed by atoms with Gasteiger partial charge >= 0.3 is 0 Å². The Bertz CT molecular complexity index is 703. The summed E-state index contributed by atoms with van der Waals surface area (Å²) in [6, 6.07) is 13.7. The molecule has 3 aromatic rings. The number of imidazole rings is 1. The molecule has 0 aliphatic rings. The topological polar surface area (TPSA) is 43.3 Å². The number of fused-ring (bicyclic) bond motifs is 1. The van der Waals surface area contributed by atoms with Gasteiger partial charge in [-0.25, -0.2) is 4.98 Å². The lowest BCUT2D eigenvalue weighted by atomic mass is 10.2. The Labute approximate surface area is 110 Å². The lowest BCUT2D eigenvalue weighted by Gasteiger charge is -2.08. The third-order valence-electron chi connectivity index (χ3n) is 2.96. The minimum atomic E-state index is 0.463. The summed E-state index contributed by atoms with van der Waals surface area (Å²) in [7, 11) is 0. The maximum absolute atomic E-state index is 6.23. The molecule has 0 unspecified atom stereocenters. The molecule has 0 atom stereocenters. The van der Waals surface area contributed by atoms with Crippen LogP contribution in [0.5, 0.6) is 0 Å². The van der Waals surface area contributed by atoms with E-state index >= 15 is 0 Å². The highest BCUT2D eigenvalue weighted by molar-refractivity contribution is 6.33. The molecule has 18 heavy (non-hydrogen) atoms. The van der Waals surface area contributed by atoms with Crippen LogP contribution in [-0.2, 0) is 6.54 Å². The normalized spacial score (nSPS) is 11.0. The summed E-state index contributed by atoms with van der Waals surface area (Å²) >= 11 is 6.23. The summed E-state index contributed by atoms with van der Waals surface area (Å²) in [6.07, 6.45) is 1.83. The van der Waals surface area contributed by atoms with Crippen LogP contribution in [0.4, 0.5) is 0 Å². The number of hydrogen-bond acceptors (Lipinski definition) is 2. The number of aromatic nitrogens is 2. The van der Waals surface area contributed by atoms with Crippen LogP contribution < -0.4 is 5.73 Å². The minimum absolute atomic E-state index is 0.463. The first kappa shape index (κ1) is 11.3. The molecule has 0 aliphatic heterocycles. The van der Waals surface area contributed by atoms with E-state index in [2.05, 4.69) is 4.98 Å². The Morgan fingerprint density at radius 2 is 1.94 bits per heavy atom.